The molecule has 122 valence electrons. The Balaban J connectivity index is 1.79. The van der Waals surface area contributed by atoms with Crippen molar-refractivity contribution in [1.29, 1.82) is 0 Å². The molecule has 2 N–H and O–H groups in total. The van der Waals surface area contributed by atoms with Crippen LogP contribution in [0.5, 0.6) is 0 Å². The number of ether oxygens (including phenoxy) is 1. The second-order valence-corrected chi connectivity index (χ2v) is 6.82. The number of hydrogen-bond acceptors (Lipinski definition) is 3. The van der Waals surface area contributed by atoms with E-state index in [9.17, 15) is 4.79 Å². The van der Waals surface area contributed by atoms with E-state index in [1.807, 2.05) is 6.92 Å². The molecule has 1 heterocycles. The van der Waals surface area contributed by atoms with Gasteiger partial charge in [-0.1, -0.05) is 26.2 Å². The zero-order valence-corrected chi connectivity index (χ0v) is 13.9. The van der Waals surface area contributed by atoms with Crippen LogP contribution in [0.15, 0.2) is 0 Å². The van der Waals surface area contributed by atoms with Crippen LogP contribution in [-0.2, 0) is 9.53 Å². The normalized spacial score (nSPS) is 32.6. The van der Waals surface area contributed by atoms with Gasteiger partial charge in [0.15, 0.2) is 0 Å². The van der Waals surface area contributed by atoms with Gasteiger partial charge in [-0.15, -0.1) is 0 Å². The van der Waals surface area contributed by atoms with Crippen molar-refractivity contribution in [1.82, 2.24) is 10.6 Å². The number of nitrogens with one attached hydrogen (secondary N) is 2. The van der Waals surface area contributed by atoms with Gasteiger partial charge >= 0.3 is 0 Å². The highest BCUT2D eigenvalue weighted by molar-refractivity contribution is 5.80. The Kier molecular flexibility index (Phi) is 6.49. The van der Waals surface area contributed by atoms with Crippen molar-refractivity contribution in [2.75, 3.05) is 0 Å². The molecule has 1 amide bonds. The average Bonchev–Trinajstić information content (AvgIpc) is 2.49. The minimum Gasteiger partial charge on any atom is -0.364 e. The van der Waals surface area contributed by atoms with Crippen molar-refractivity contribution in [3.8, 4) is 0 Å². The first-order valence-electron chi connectivity index (χ1n) is 8.82. The van der Waals surface area contributed by atoms with Crippen LogP contribution in [0.1, 0.15) is 72.1 Å². The first-order chi connectivity index (χ1) is 10.1. The van der Waals surface area contributed by atoms with E-state index in [0.717, 1.165) is 32.1 Å². The molecular formula is C17H32N2O2. The Morgan fingerprint density at radius 2 is 1.95 bits per heavy atom. The molecule has 4 unspecified atom stereocenters. The Hall–Kier alpha value is -0.610. The van der Waals surface area contributed by atoms with Crippen LogP contribution >= 0.6 is 0 Å². The summed E-state index contributed by atoms with van der Waals surface area (Å²) in [6.45, 7) is 6.29. The van der Waals surface area contributed by atoms with Crippen LogP contribution in [0.2, 0.25) is 0 Å². The molecule has 0 radical (unpaired) electrons. The summed E-state index contributed by atoms with van der Waals surface area (Å²) < 4.78 is 6.07. The third-order valence-electron chi connectivity index (χ3n) is 4.97. The highest BCUT2D eigenvalue weighted by Crippen LogP contribution is 2.21. The minimum absolute atomic E-state index is 0.0652. The van der Waals surface area contributed by atoms with E-state index in [1.165, 1.54) is 19.3 Å². The van der Waals surface area contributed by atoms with Gasteiger partial charge in [-0.25, -0.2) is 0 Å². The van der Waals surface area contributed by atoms with E-state index < -0.39 is 0 Å². The third-order valence-corrected chi connectivity index (χ3v) is 4.97. The monoisotopic (exact) mass is 296 g/mol. The lowest BCUT2D eigenvalue weighted by Crippen LogP contribution is -2.52. The van der Waals surface area contributed by atoms with E-state index in [-0.39, 0.29) is 18.1 Å². The number of carbonyl (C=O) groups excluding carboxylic acids is 1. The van der Waals surface area contributed by atoms with Gasteiger partial charge in [0, 0.05) is 18.1 Å². The summed E-state index contributed by atoms with van der Waals surface area (Å²) in [5.41, 5.74) is 0. The Bertz CT molecular complexity index is 329. The SMILES string of the molecule is CCC1NC(C)CCC1OC(C)C(=O)NC1CCCCC1. The topological polar surface area (TPSA) is 50.4 Å². The fraction of sp³-hybridized carbons (Fsp3) is 0.941. The number of hydrogen-bond donors (Lipinski definition) is 2. The van der Waals surface area contributed by atoms with E-state index >= 15 is 0 Å². The van der Waals surface area contributed by atoms with E-state index in [0.29, 0.717) is 18.1 Å². The molecule has 2 aliphatic rings. The van der Waals surface area contributed by atoms with Crippen LogP contribution in [-0.4, -0.2) is 36.2 Å². The molecule has 0 spiro atoms. The van der Waals surface area contributed by atoms with E-state index in [2.05, 4.69) is 24.5 Å². The van der Waals surface area contributed by atoms with Crippen molar-refractivity contribution in [3.63, 3.8) is 0 Å². The molecule has 4 heteroatoms. The summed E-state index contributed by atoms with van der Waals surface area (Å²) in [5.74, 6) is 0.0652. The molecule has 0 bridgehead atoms. The molecule has 2 rings (SSSR count). The summed E-state index contributed by atoms with van der Waals surface area (Å²) in [6, 6.07) is 1.30. The Morgan fingerprint density at radius 1 is 1.24 bits per heavy atom. The van der Waals surface area contributed by atoms with Crippen molar-refractivity contribution < 1.29 is 9.53 Å². The number of carbonyl (C=O) groups is 1. The van der Waals surface area contributed by atoms with Crippen molar-refractivity contribution in [2.45, 2.75) is 102 Å². The van der Waals surface area contributed by atoms with Crippen LogP contribution in [0.4, 0.5) is 0 Å². The Labute approximate surface area is 129 Å². The molecule has 4 atom stereocenters. The summed E-state index contributed by atoms with van der Waals surface area (Å²) in [4.78, 5) is 12.3. The highest BCUT2D eigenvalue weighted by atomic mass is 16.5. The number of piperidine rings is 1. The lowest BCUT2D eigenvalue weighted by atomic mass is 9.94. The van der Waals surface area contributed by atoms with Crippen molar-refractivity contribution in [3.05, 3.63) is 0 Å². The van der Waals surface area contributed by atoms with Crippen LogP contribution in [0.3, 0.4) is 0 Å². The lowest BCUT2D eigenvalue weighted by molar-refractivity contribution is -0.139. The van der Waals surface area contributed by atoms with Crippen LogP contribution in [0, 0.1) is 0 Å². The largest absolute Gasteiger partial charge is 0.364 e. The second-order valence-electron chi connectivity index (χ2n) is 6.82. The molecule has 0 aromatic heterocycles. The fourth-order valence-electron chi connectivity index (χ4n) is 3.60. The van der Waals surface area contributed by atoms with Crippen molar-refractivity contribution in [2.24, 2.45) is 0 Å². The van der Waals surface area contributed by atoms with Crippen LogP contribution in [0.25, 0.3) is 0 Å². The standard InChI is InChI=1S/C17H32N2O2/c1-4-15-16(11-10-12(2)18-15)21-13(3)17(20)19-14-8-6-5-7-9-14/h12-16,18H,4-11H2,1-3H3,(H,19,20). The molecule has 21 heavy (non-hydrogen) atoms. The van der Waals surface area contributed by atoms with Gasteiger partial charge in [0.1, 0.15) is 6.10 Å². The maximum atomic E-state index is 12.3. The lowest BCUT2D eigenvalue weighted by Gasteiger charge is -2.37. The molecular weight excluding hydrogens is 264 g/mol. The number of amides is 1. The van der Waals surface area contributed by atoms with Gasteiger partial charge in [-0.2, -0.15) is 0 Å². The quantitative estimate of drug-likeness (QED) is 0.820. The van der Waals surface area contributed by atoms with Crippen molar-refractivity contribution >= 4 is 5.91 Å². The molecule has 1 aliphatic heterocycles. The summed E-state index contributed by atoms with van der Waals surface area (Å²) in [6.07, 6.45) is 9.07. The molecule has 0 aromatic carbocycles. The average molecular weight is 296 g/mol. The number of rotatable bonds is 5. The predicted octanol–water partition coefficient (Wildman–Crippen LogP) is 2.76. The molecule has 4 nitrogen and oxygen atoms in total. The third kappa shape index (κ3) is 4.96. The van der Waals surface area contributed by atoms with Gasteiger partial charge in [0.2, 0.25) is 5.91 Å². The zero-order valence-electron chi connectivity index (χ0n) is 13.9. The Morgan fingerprint density at radius 3 is 2.62 bits per heavy atom. The highest BCUT2D eigenvalue weighted by Gasteiger charge is 2.30. The van der Waals surface area contributed by atoms with Gasteiger partial charge in [0.25, 0.3) is 0 Å². The van der Waals surface area contributed by atoms with Gasteiger partial charge in [0.05, 0.1) is 6.10 Å². The molecule has 1 aliphatic carbocycles. The van der Waals surface area contributed by atoms with E-state index in [1.54, 1.807) is 0 Å². The minimum atomic E-state index is -0.346. The molecule has 2 fully saturated rings. The predicted molar refractivity (Wildman–Crippen MR) is 85.3 cm³/mol. The maximum Gasteiger partial charge on any atom is 0.249 e. The first kappa shape index (κ1) is 16.8. The van der Waals surface area contributed by atoms with E-state index in [4.69, 9.17) is 4.74 Å². The summed E-state index contributed by atoms with van der Waals surface area (Å²) >= 11 is 0. The van der Waals surface area contributed by atoms with Gasteiger partial charge < -0.3 is 15.4 Å². The maximum absolute atomic E-state index is 12.3. The summed E-state index contributed by atoms with van der Waals surface area (Å²) in [7, 11) is 0. The zero-order chi connectivity index (χ0) is 15.2. The summed E-state index contributed by atoms with van der Waals surface area (Å²) in [5, 5.41) is 6.75. The second kappa shape index (κ2) is 8.14. The van der Waals surface area contributed by atoms with Gasteiger partial charge in [-0.3, -0.25) is 4.79 Å². The van der Waals surface area contributed by atoms with Crippen LogP contribution < -0.4 is 10.6 Å². The molecule has 0 aromatic rings. The smallest absolute Gasteiger partial charge is 0.249 e. The molecule has 1 saturated heterocycles. The van der Waals surface area contributed by atoms with Gasteiger partial charge in [-0.05, 0) is 46.0 Å². The fourth-order valence-corrected chi connectivity index (χ4v) is 3.60. The first-order valence-corrected chi connectivity index (χ1v) is 8.82. The molecule has 1 saturated carbocycles.